The van der Waals surface area contributed by atoms with Crippen LogP contribution in [0.5, 0.6) is 23.0 Å². The van der Waals surface area contributed by atoms with Gasteiger partial charge in [-0.15, -0.1) is 0 Å². The van der Waals surface area contributed by atoms with Gasteiger partial charge in [0, 0.05) is 11.5 Å². The zero-order chi connectivity index (χ0) is 26.3. The second-order valence-electron chi connectivity index (χ2n) is 11.3. The molecule has 0 bridgehead atoms. The van der Waals surface area contributed by atoms with Crippen molar-refractivity contribution in [3.8, 4) is 23.0 Å². The molecule has 2 N–H and O–H groups in total. The summed E-state index contributed by atoms with van der Waals surface area (Å²) in [5.74, 6) is 2.61. The van der Waals surface area contributed by atoms with Crippen LogP contribution in [0, 0.1) is 11.3 Å². The highest BCUT2D eigenvalue weighted by Gasteiger charge is 2.54. The molecule has 1 saturated carbocycles. The van der Waals surface area contributed by atoms with Gasteiger partial charge in [-0.2, -0.15) is 0 Å². The predicted molar refractivity (Wildman–Crippen MR) is 145 cm³/mol. The summed E-state index contributed by atoms with van der Waals surface area (Å²) in [6, 6.07) is 7.84. The fourth-order valence-corrected chi connectivity index (χ4v) is 5.88. The molecule has 3 atom stereocenters. The maximum absolute atomic E-state index is 10.7. The van der Waals surface area contributed by atoms with E-state index in [1.165, 1.54) is 5.57 Å². The summed E-state index contributed by atoms with van der Waals surface area (Å²) in [6.45, 7) is 10.5. The Morgan fingerprint density at radius 3 is 2.31 bits per heavy atom. The average Bonchev–Trinajstić information content (AvgIpc) is 2.83. The average molecular weight is 493 g/mol. The molecule has 1 aliphatic heterocycles. The number of aliphatic hydroxyl groups is 1. The molecule has 4 rings (SSSR count). The fraction of sp³-hybridized carbons (Fsp3) is 0.484. The van der Waals surface area contributed by atoms with E-state index in [2.05, 4.69) is 32.9 Å². The molecule has 1 fully saturated rings. The minimum Gasteiger partial charge on any atom is -0.507 e. The molecule has 5 nitrogen and oxygen atoms in total. The van der Waals surface area contributed by atoms with Gasteiger partial charge >= 0.3 is 0 Å². The topological polar surface area (TPSA) is 68.2 Å². The van der Waals surface area contributed by atoms with Gasteiger partial charge in [0.2, 0.25) is 0 Å². The van der Waals surface area contributed by atoms with Crippen molar-refractivity contribution in [2.75, 3.05) is 14.2 Å². The molecular formula is C31H40O5. The van der Waals surface area contributed by atoms with E-state index in [0.29, 0.717) is 17.9 Å². The van der Waals surface area contributed by atoms with E-state index in [-0.39, 0.29) is 28.8 Å². The highest BCUT2D eigenvalue weighted by atomic mass is 16.5. The van der Waals surface area contributed by atoms with Crippen molar-refractivity contribution >= 4 is 12.2 Å². The van der Waals surface area contributed by atoms with Crippen molar-refractivity contribution in [1.29, 1.82) is 0 Å². The van der Waals surface area contributed by atoms with E-state index in [0.717, 1.165) is 47.3 Å². The number of ether oxygens (including phenoxy) is 3. The van der Waals surface area contributed by atoms with Gasteiger partial charge in [0.25, 0.3) is 0 Å². The number of allylic oxidation sites excluding steroid dienone is 2. The van der Waals surface area contributed by atoms with Gasteiger partial charge < -0.3 is 24.4 Å². The molecule has 1 heterocycles. The molecule has 36 heavy (non-hydrogen) atoms. The van der Waals surface area contributed by atoms with Crippen molar-refractivity contribution in [3.05, 3.63) is 58.2 Å². The Hall–Kier alpha value is -2.92. The van der Waals surface area contributed by atoms with Crippen LogP contribution in [0.15, 0.2) is 35.9 Å². The van der Waals surface area contributed by atoms with Crippen LogP contribution in [0.2, 0.25) is 0 Å². The predicted octanol–water partition coefficient (Wildman–Crippen LogP) is 6.58. The molecule has 2 aromatic rings. The summed E-state index contributed by atoms with van der Waals surface area (Å²) >= 11 is 0. The fourth-order valence-electron chi connectivity index (χ4n) is 5.88. The summed E-state index contributed by atoms with van der Waals surface area (Å²) in [4.78, 5) is 0. The zero-order valence-electron chi connectivity index (χ0n) is 22.6. The first kappa shape index (κ1) is 26.2. The lowest BCUT2D eigenvalue weighted by atomic mass is 9.57. The molecule has 194 valence electrons. The zero-order valence-corrected chi connectivity index (χ0v) is 22.6. The van der Waals surface area contributed by atoms with E-state index < -0.39 is 0 Å². The van der Waals surface area contributed by atoms with E-state index in [1.807, 2.05) is 38.1 Å². The third kappa shape index (κ3) is 4.86. The molecule has 2 aliphatic rings. The summed E-state index contributed by atoms with van der Waals surface area (Å²) in [5, 5.41) is 21.4. The Morgan fingerprint density at radius 1 is 1.03 bits per heavy atom. The third-order valence-electron chi connectivity index (χ3n) is 8.15. The van der Waals surface area contributed by atoms with E-state index >= 15 is 0 Å². The van der Waals surface area contributed by atoms with Crippen LogP contribution < -0.4 is 14.2 Å². The maximum Gasteiger partial charge on any atom is 0.165 e. The van der Waals surface area contributed by atoms with Gasteiger partial charge in [-0.25, -0.2) is 0 Å². The van der Waals surface area contributed by atoms with E-state index in [9.17, 15) is 10.2 Å². The van der Waals surface area contributed by atoms with E-state index in [4.69, 9.17) is 14.2 Å². The quantitative estimate of drug-likeness (QED) is 0.352. The number of phenolic OH excluding ortho intramolecular Hbond substituents is 1. The number of phenols is 1. The lowest BCUT2D eigenvalue weighted by Crippen LogP contribution is -2.58. The molecule has 0 spiro atoms. The molecule has 0 unspecified atom stereocenters. The number of rotatable bonds is 6. The van der Waals surface area contributed by atoms with Crippen LogP contribution >= 0.6 is 0 Å². The van der Waals surface area contributed by atoms with Crippen LogP contribution in [0.25, 0.3) is 12.2 Å². The first-order chi connectivity index (χ1) is 17.0. The SMILES string of the molecule is COc1cc(/C=C/c2cc3c(c(OC)c2)O[C@@]2(C)CC[C@H](O)C(C)(C)[C@@H]2C3)cc(O)c1CC=C(C)C. The number of methoxy groups -OCH3 is 2. The third-order valence-corrected chi connectivity index (χ3v) is 8.15. The van der Waals surface area contributed by atoms with Crippen molar-refractivity contribution in [2.45, 2.75) is 72.0 Å². The molecule has 0 aromatic heterocycles. The lowest BCUT2D eigenvalue weighted by Gasteiger charge is -2.55. The molecule has 0 saturated heterocycles. The summed E-state index contributed by atoms with van der Waals surface area (Å²) in [7, 11) is 3.30. The molecule has 0 amide bonds. The van der Waals surface area contributed by atoms with Crippen molar-refractivity contribution in [1.82, 2.24) is 0 Å². The smallest absolute Gasteiger partial charge is 0.165 e. The van der Waals surface area contributed by atoms with Crippen molar-refractivity contribution in [3.63, 3.8) is 0 Å². The van der Waals surface area contributed by atoms with Gasteiger partial charge in [-0.1, -0.05) is 37.6 Å². The first-order valence-electron chi connectivity index (χ1n) is 12.8. The van der Waals surface area contributed by atoms with Gasteiger partial charge in [0.05, 0.1) is 20.3 Å². The first-order valence-corrected chi connectivity index (χ1v) is 12.8. The number of aromatic hydroxyl groups is 1. The molecular weight excluding hydrogens is 452 g/mol. The van der Waals surface area contributed by atoms with Crippen LogP contribution in [0.3, 0.4) is 0 Å². The standard InChI is InChI=1S/C31H40O5/c1-19(2)8-11-23-24(32)15-21(16-25(23)34-6)10-9-20-14-22-18-27-30(3,4)28(33)12-13-31(27,5)36-29(22)26(17-20)35-7/h8-10,14-17,27-28,32-33H,11-13,18H2,1-7H3/b10-9+/t27-,28-,31-/m0/s1. The molecule has 0 radical (unpaired) electrons. The normalized spacial score (nSPS) is 24.4. The minimum atomic E-state index is -0.340. The second-order valence-corrected chi connectivity index (χ2v) is 11.3. The Bertz CT molecular complexity index is 1190. The number of benzene rings is 2. The molecule has 1 aliphatic carbocycles. The Labute approximate surface area is 215 Å². The highest BCUT2D eigenvalue weighted by Crippen LogP contribution is 2.55. The van der Waals surface area contributed by atoms with Crippen LogP contribution in [0.1, 0.15) is 69.7 Å². The van der Waals surface area contributed by atoms with E-state index in [1.54, 1.807) is 20.3 Å². The van der Waals surface area contributed by atoms with Crippen LogP contribution in [-0.2, 0) is 12.8 Å². The largest absolute Gasteiger partial charge is 0.507 e. The summed E-state index contributed by atoms with van der Waals surface area (Å²) in [5.41, 5.74) is 4.32. The Kier molecular flexibility index (Phi) is 7.16. The number of hydrogen-bond acceptors (Lipinski definition) is 5. The Balaban J connectivity index is 1.67. The molecule has 5 heteroatoms. The van der Waals surface area contributed by atoms with Crippen molar-refractivity contribution < 1.29 is 24.4 Å². The Morgan fingerprint density at radius 2 is 1.67 bits per heavy atom. The van der Waals surface area contributed by atoms with Crippen LogP contribution in [-0.4, -0.2) is 36.1 Å². The van der Waals surface area contributed by atoms with Crippen LogP contribution in [0.4, 0.5) is 0 Å². The summed E-state index contributed by atoms with van der Waals surface area (Å²) in [6.07, 6.45) is 8.72. The lowest BCUT2D eigenvalue weighted by molar-refractivity contribution is -0.138. The maximum atomic E-state index is 10.7. The van der Waals surface area contributed by atoms with Gasteiger partial charge in [-0.3, -0.25) is 0 Å². The number of aliphatic hydroxyl groups excluding tert-OH is 1. The van der Waals surface area contributed by atoms with Crippen molar-refractivity contribution in [2.24, 2.45) is 11.3 Å². The van der Waals surface area contributed by atoms with Gasteiger partial charge in [0.1, 0.15) is 17.1 Å². The second kappa shape index (κ2) is 9.85. The minimum absolute atomic E-state index is 0.194. The highest BCUT2D eigenvalue weighted by molar-refractivity contribution is 5.74. The number of fused-ring (bicyclic) bond motifs is 2. The van der Waals surface area contributed by atoms with Gasteiger partial charge in [-0.05, 0) is 92.8 Å². The molecule has 2 aromatic carbocycles. The monoisotopic (exact) mass is 492 g/mol. The number of hydrogen-bond donors (Lipinski definition) is 2. The summed E-state index contributed by atoms with van der Waals surface area (Å²) < 4.78 is 17.9. The van der Waals surface area contributed by atoms with Gasteiger partial charge in [0.15, 0.2) is 11.5 Å².